The van der Waals surface area contributed by atoms with Crippen LogP contribution in [0, 0.1) is 0 Å². The van der Waals surface area contributed by atoms with Crippen molar-refractivity contribution in [2.45, 2.75) is 36.3 Å². The van der Waals surface area contributed by atoms with Crippen LogP contribution in [-0.4, -0.2) is 47.2 Å². The zero-order valence-corrected chi connectivity index (χ0v) is 16.3. The molecular formula is C16H26ClN3O4S. The van der Waals surface area contributed by atoms with Crippen LogP contribution in [0.4, 0.5) is 0 Å². The molecule has 1 amide bonds. The average Bonchev–Trinajstić information content (AvgIpc) is 2.62. The van der Waals surface area contributed by atoms with Gasteiger partial charge in [0.05, 0.1) is 10.9 Å². The second-order valence-corrected chi connectivity index (χ2v) is 7.81. The highest BCUT2D eigenvalue weighted by molar-refractivity contribution is 7.89. The van der Waals surface area contributed by atoms with E-state index in [2.05, 4.69) is 15.4 Å². The molecule has 1 unspecified atom stereocenters. The van der Waals surface area contributed by atoms with Gasteiger partial charge in [-0.25, -0.2) is 13.1 Å². The number of sulfonamides is 1. The number of rotatable bonds is 6. The molecule has 142 valence electrons. The third-order valence-corrected chi connectivity index (χ3v) is 5.95. The molecule has 0 saturated carbocycles. The van der Waals surface area contributed by atoms with Crippen molar-refractivity contribution in [1.82, 2.24) is 15.4 Å². The molecule has 1 atom stereocenters. The molecule has 0 aliphatic carbocycles. The van der Waals surface area contributed by atoms with Gasteiger partial charge in [0.1, 0.15) is 5.60 Å². The van der Waals surface area contributed by atoms with Crippen LogP contribution in [0.25, 0.3) is 0 Å². The zero-order valence-electron chi connectivity index (χ0n) is 14.7. The van der Waals surface area contributed by atoms with Gasteiger partial charge in [-0.15, -0.1) is 12.4 Å². The Kier molecular flexibility index (Phi) is 7.83. The Hall–Kier alpha value is -1.19. The normalized spacial score (nSPS) is 18.0. The summed E-state index contributed by atoms with van der Waals surface area (Å²) in [5, 5.41) is 6.19. The lowest BCUT2D eigenvalue weighted by Gasteiger charge is -2.35. The number of methoxy groups -OCH3 is 1. The Balaban J connectivity index is 0.00000312. The topological polar surface area (TPSA) is 96.5 Å². The number of benzene rings is 1. The third-order valence-electron chi connectivity index (χ3n) is 4.52. The predicted octanol–water partition coefficient (Wildman–Crippen LogP) is 0.962. The fourth-order valence-electron chi connectivity index (χ4n) is 2.82. The zero-order chi connectivity index (χ0) is 17.8. The van der Waals surface area contributed by atoms with Crippen LogP contribution in [0.1, 0.15) is 31.4 Å². The Labute approximate surface area is 155 Å². The Morgan fingerprint density at radius 1 is 1.24 bits per heavy atom. The molecule has 3 N–H and O–H groups in total. The highest BCUT2D eigenvalue weighted by Gasteiger charge is 2.40. The van der Waals surface area contributed by atoms with E-state index in [9.17, 15) is 13.2 Å². The van der Waals surface area contributed by atoms with Gasteiger partial charge >= 0.3 is 0 Å². The molecule has 1 aromatic rings. The molecule has 25 heavy (non-hydrogen) atoms. The van der Waals surface area contributed by atoms with Crippen LogP contribution < -0.4 is 15.4 Å². The summed E-state index contributed by atoms with van der Waals surface area (Å²) in [7, 11) is -0.526. The van der Waals surface area contributed by atoms with Gasteiger partial charge in [0.2, 0.25) is 10.0 Å². The number of piperidine rings is 1. The summed E-state index contributed by atoms with van der Waals surface area (Å²) >= 11 is 0. The molecule has 1 aliphatic rings. The quantitative estimate of drug-likeness (QED) is 0.671. The molecule has 0 aromatic heterocycles. The van der Waals surface area contributed by atoms with Gasteiger partial charge < -0.3 is 15.4 Å². The van der Waals surface area contributed by atoms with E-state index in [0.717, 1.165) is 18.7 Å². The number of carbonyl (C=O) groups is 1. The fraction of sp³-hybridized carbons (Fsp3) is 0.562. The van der Waals surface area contributed by atoms with Crippen molar-refractivity contribution >= 4 is 28.3 Å². The summed E-state index contributed by atoms with van der Waals surface area (Å²) in [5.41, 5.74) is 0.0353. The van der Waals surface area contributed by atoms with Crippen molar-refractivity contribution in [1.29, 1.82) is 0 Å². The maximum atomic E-state index is 12.6. The van der Waals surface area contributed by atoms with E-state index >= 15 is 0 Å². The van der Waals surface area contributed by atoms with Crippen molar-refractivity contribution in [3.63, 3.8) is 0 Å². The average molecular weight is 392 g/mol. The largest absolute Gasteiger partial charge is 0.368 e. The molecule has 7 nitrogen and oxygen atoms in total. The monoisotopic (exact) mass is 391 g/mol. The third kappa shape index (κ3) is 4.92. The maximum Gasteiger partial charge on any atom is 0.252 e. The Morgan fingerprint density at radius 2 is 1.80 bits per heavy atom. The van der Waals surface area contributed by atoms with Gasteiger partial charge in [0.25, 0.3) is 5.91 Å². The summed E-state index contributed by atoms with van der Waals surface area (Å²) < 4.78 is 31.3. The molecule has 0 bridgehead atoms. The lowest BCUT2D eigenvalue weighted by Crippen LogP contribution is -2.54. The highest BCUT2D eigenvalue weighted by Crippen LogP contribution is 2.24. The molecule has 2 rings (SSSR count). The first-order valence-corrected chi connectivity index (χ1v) is 9.43. The second kappa shape index (κ2) is 8.95. The van der Waals surface area contributed by atoms with Crippen molar-refractivity contribution in [2.24, 2.45) is 0 Å². The van der Waals surface area contributed by atoms with E-state index in [1.54, 1.807) is 19.2 Å². The number of ether oxygens (including phenoxy) is 1. The minimum Gasteiger partial charge on any atom is -0.368 e. The van der Waals surface area contributed by atoms with Crippen molar-refractivity contribution in [2.75, 3.05) is 27.2 Å². The molecule has 1 fully saturated rings. The molecule has 1 heterocycles. The number of hydrogen-bond acceptors (Lipinski definition) is 5. The summed E-state index contributed by atoms with van der Waals surface area (Å²) in [5.74, 6) is -0.133. The first kappa shape index (κ1) is 21.9. The van der Waals surface area contributed by atoms with Crippen LogP contribution in [-0.2, 0) is 19.6 Å². The van der Waals surface area contributed by atoms with E-state index in [4.69, 9.17) is 4.74 Å². The van der Waals surface area contributed by atoms with Crippen molar-refractivity contribution in [3.8, 4) is 0 Å². The number of amides is 1. The van der Waals surface area contributed by atoms with Crippen LogP contribution in [0.15, 0.2) is 29.2 Å². The number of carbonyl (C=O) groups excluding carboxylic acids is 1. The van der Waals surface area contributed by atoms with Crippen LogP contribution >= 0.6 is 12.4 Å². The fourth-order valence-corrected chi connectivity index (χ4v) is 3.55. The number of halogens is 1. The summed E-state index contributed by atoms with van der Waals surface area (Å²) in [6.45, 7) is 3.35. The minimum absolute atomic E-state index is 0. The van der Waals surface area contributed by atoms with E-state index < -0.39 is 15.6 Å². The van der Waals surface area contributed by atoms with E-state index in [1.807, 2.05) is 6.92 Å². The molecule has 0 spiro atoms. The second-order valence-electron chi connectivity index (χ2n) is 5.92. The van der Waals surface area contributed by atoms with Gasteiger partial charge in [0.15, 0.2) is 0 Å². The first-order chi connectivity index (χ1) is 11.3. The van der Waals surface area contributed by atoms with Gasteiger partial charge in [-0.05, 0) is 57.6 Å². The Morgan fingerprint density at radius 3 is 2.28 bits per heavy atom. The highest BCUT2D eigenvalue weighted by atomic mass is 35.5. The van der Waals surface area contributed by atoms with E-state index in [1.165, 1.54) is 19.2 Å². The minimum atomic E-state index is -3.46. The predicted molar refractivity (Wildman–Crippen MR) is 98.3 cm³/mol. The van der Waals surface area contributed by atoms with Gasteiger partial charge in [0, 0.05) is 7.11 Å². The first-order valence-electron chi connectivity index (χ1n) is 7.95. The molecule has 0 radical (unpaired) electrons. The molecule has 1 aromatic carbocycles. The molecule has 1 aliphatic heterocycles. The lowest BCUT2D eigenvalue weighted by molar-refractivity contribution is -0.147. The molecular weight excluding hydrogens is 366 g/mol. The smallest absolute Gasteiger partial charge is 0.252 e. The molecule has 9 heteroatoms. The summed E-state index contributed by atoms with van der Waals surface area (Å²) in [6, 6.07) is 6.22. The number of hydrogen-bond donors (Lipinski definition) is 3. The van der Waals surface area contributed by atoms with Crippen LogP contribution in [0.3, 0.4) is 0 Å². The van der Waals surface area contributed by atoms with Crippen LogP contribution in [0.2, 0.25) is 0 Å². The SMILES string of the molecule is CNS(=O)(=O)c1ccc(C(C)NC(=O)C2(OC)CCNCC2)cc1.Cl. The molecule has 1 saturated heterocycles. The van der Waals surface area contributed by atoms with Crippen molar-refractivity contribution < 1.29 is 17.9 Å². The van der Waals surface area contributed by atoms with Crippen LogP contribution in [0.5, 0.6) is 0 Å². The van der Waals surface area contributed by atoms with Gasteiger partial charge in [-0.3, -0.25) is 4.79 Å². The van der Waals surface area contributed by atoms with Gasteiger partial charge in [-0.2, -0.15) is 0 Å². The Bertz CT molecular complexity index is 673. The van der Waals surface area contributed by atoms with Gasteiger partial charge in [-0.1, -0.05) is 12.1 Å². The van der Waals surface area contributed by atoms with E-state index in [-0.39, 0.29) is 29.3 Å². The maximum absolute atomic E-state index is 12.6. The lowest BCUT2D eigenvalue weighted by atomic mass is 9.90. The van der Waals surface area contributed by atoms with E-state index in [0.29, 0.717) is 12.8 Å². The standard InChI is InChI=1S/C16H25N3O4S.ClH/c1-12(13-4-6-14(7-5-13)24(21,22)17-2)19-15(20)16(23-3)8-10-18-11-9-16;/h4-7,12,17-18H,8-11H2,1-3H3,(H,19,20);1H. The summed E-state index contributed by atoms with van der Waals surface area (Å²) in [4.78, 5) is 12.8. The number of nitrogens with one attached hydrogen (secondary N) is 3. The van der Waals surface area contributed by atoms with Crippen molar-refractivity contribution in [3.05, 3.63) is 29.8 Å². The summed E-state index contributed by atoms with van der Waals surface area (Å²) in [6.07, 6.45) is 1.25.